The maximum absolute atomic E-state index is 4.33. The average molecular weight is 245 g/mol. The first-order chi connectivity index (χ1) is 8.73. The predicted molar refractivity (Wildman–Crippen MR) is 69.9 cm³/mol. The number of imidazole rings is 1. The van der Waals surface area contributed by atoms with E-state index in [9.17, 15) is 0 Å². The molecule has 0 aliphatic carbocycles. The molecule has 0 amide bonds. The van der Waals surface area contributed by atoms with Gasteiger partial charge in [0.25, 0.3) is 0 Å². The lowest BCUT2D eigenvalue weighted by molar-refractivity contribution is 0.498. The van der Waals surface area contributed by atoms with Crippen LogP contribution < -0.4 is 5.32 Å². The third kappa shape index (κ3) is 1.75. The van der Waals surface area contributed by atoms with Crippen molar-refractivity contribution in [1.82, 2.24) is 24.6 Å². The standard InChI is InChI=1S/C13H19N5/c1-3-17-8-11(6-16-17)18-10-15-7-12(18)13(2)4-5-14-9-13/h6-8,10,14H,3-5,9H2,1-2H3. The molecule has 0 radical (unpaired) electrons. The molecular formula is C13H19N5. The first kappa shape index (κ1) is 11.5. The van der Waals surface area contributed by atoms with Crippen molar-refractivity contribution in [2.75, 3.05) is 13.1 Å². The van der Waals surface area contributed by atoms with Gasteiger partial charge in [-0.15, -0.1) is 0 Å². The van der Waals surface area contributed by atoms with E-state index in [2.05, 4.69) is 40.0 Å². The van der Waals surface area contributed by atoms with Crippen LogP contribution in [0, 0.1) is 0 Å². The van der Waals surface area contributed by atoms with Crippen molar-refractivity contribution >= 4 is 0 Å². The van der Waals surface area contributed by atoms with E-state index in [0.717, 1.165) is 31.7 Å². The molecule has 1 saturated heterocycles. The molecule has 2 aromatic rings. The number of aromatic nitrogens is 4. The summed E-state index contributed by atoms with van der Waals surface area (Å²) in [7, 11) is 0. The van der Waals surface area contributed by atoms with Crippen LogP contribution in [0.25, 0.3) is 5.69 Å². The minimum atomic E-state index is 0.171. The second-order valence-corrected chi connectivity index (χ2v) is 5.19. The Morgan fingerprint density at radius 1 is 1.44 bits per heavy atom. The molecule has 1 fully saturated rings. The quantitative estimate of drug-likeness (QED) is 0.887. The molecule has 1 atom stereocenters. The van der Waals surface area contributed by atoms with Crippen LogP contribution in [-0.2, 0) is 12.0 Å². The van der Waals surface area contributed by atoms with Crippen LogP contribution in [0.15, 0.2) is 24.9 Å². The normalized spacial score (nSPS) is 23.7. The first-order valence-corrected chi connectivity index (χ1v) is 6.49. The Bertz CT molecular complexity index is 533. The van der Waals surface area contributed by atoms with Gasteiger partial charge in [-0.1, -0.05) is 6.92 Å². The van der Waals surface area contributed by atoms with E-state index in [1.54, 1.807) is 0 Å². The molecule has 5 nitrogen and oxygen atoms in total. The number of nitrogens with zero attached hydrogens (tertiary/aromatic N) is 4. The van der Waals surface area contributed by atoms with Gasteiger partial charge in [-0.2, -0.15) is 5.10 Å². The maximum Gasteiger partial charge on any atom is 0.0995 e. The van der Waals surface area contributed by atoms with Crippen molar-refractivity contribution in [2.24, 2.45) is 0 Å². The summed E-state index contributed by atoms with van der Waals surface area (Å²) in [5.74, 6) is 0. The minimum Gasteiger partial charge on any atom is -0.316 e. The summed E-state index contributed by atoms with van der Waals surface area (Å²) in [6.45, 7) is 7.37. The van der Waals surface area contributed by atoms with Gasteiger partial charge in [0.05, 0.1) is 18.2 Å². The van der Waals surface area contributed by atoms with Gasteiger partial charge in [0.2, 0.25) is 0 Å². The lowest BCUT2D eigenvalue weighted by atomic mass is 9.86. The molecule has 0 aromatic carbocycles. The van der Waals surface area contributed by atoms with Gasteiger partial charge < -0.3 is 5.32 Å². The molecule has 0 spiro atoms. The van der Waals surface area contributed by atoms with E-state index in [1.165, 1.54) is 5.69 Å². The lowest BCUT2D eigenvalue weighted by Crippen LogP contribution is -2.27. The molecule has 2 aromatic heterocycles. The SMILES string of the molecule is CCn1cc(-n2cncc2C2(C)CCNC2)cn1. The Morgan fingerprint density at radius 2 is 2.33 bits per heavy atom. The smallest absolute Gasteiger partial charge is 0.0995 e. The molecule has 3 rings (SSSR count). The van der Waals surface area contributed by atoms with Gasteiger partial charge >= 0.3 is 0 Å². The van der Waals surface area contributed by atoms with Crippen LogP contribution in [0.4, 0.5) is 0 Å². The average Bonchev–Trinajstić information content (AvgIpc) is 3.08. The fourth-order valence-corrected chi connectivity index (χ4v) is 2.63. The van der Waals surface area contributed by atoms with E-state index < -0.39 is 0 Å². The maximum atomic E-state index is 4.33. The van der Waals surface area contributed by atoms with Crippen LogP contribution >= 0.6 is 0 Å². The zero-order valence-corrected chi connectivity index (χ0v) is 10.9. The Hall–Kier alpha value is -1.62. The van der Waals surface area contributed by atoms with Gasteiger partial charge in [0, 0.05) is 36.6 Å². The molecule has 1 aliphatic heterocycles. The Morgan fingerprint density at radius 3 is 3.00 bits per heavy atom. The number of aryl methyl sites for hydroxylation is 1. The molecule has 1 aliphatic rings. The van der Waals surface area contributed by atoms with Crippen LogP contribution in [0.1, 0.15) is 26.0 Å². The van der Waals surface area contributed by atoms with Gasteiger partial charge in [0.15, 0.2) is 0 Å². The van der Waals surface area contributed by atoms with Crippen molar-refractivity contribution < 1.29 is 0 Å². The van der Waals surface area contributed by atoms with E-state index in [1.807, 2.05) is 23.4 Å². The predicted octanol–water partition coefficient (Wildman–Crippen LogP) is 1.34. The highest BCUT2D eigenvalue weighted by Crippen LogP contribution is 2.31. The van der Waals surface area contributed by atoms with Gasteiger partial charge in [-0.05, 0) is 19.9 Å². The van der Waals surface area contributed by atoms with E-state index >= 15 is 0 Å². The van der Waals surface area contributed by atoms with Crippen LogP contribution in [-0.4, -0.2) is 32.4 Å². The zero-order chi connectivity index (χ0) is 12.6. The van der Waals surface area contributed by atoms with Crippen molar-refractivity contribution in [2.45, 2.75) is 32.2 Å². The largest absolute Gasteiger partial charge is 0.316 e. The van der Waals surface area contributed by atoms with E-state index in [-0.39, 0.29) is 5.41 Å². The topological polar surface area (TPSA) is 47.7 Å². The Labute approximate surface area is 107 Å². The van der Waals surface area contributed by atoms with Crippen molar-refractivity contribution in [1.29, 1.82) is 0 Å². The number of hydrogen-bond donors (Lipinski definition) is 1. The molecule has 3 heterocycles. The first-order valence-electron chi connectivity index (χ1n) is 6.49. The molecule has 0 bridgehead atoms. The highest BCUT2D eigenvalue weighted by molar-refractivity contribution is 5.32. The molecule has 5 heteroatoms. The third-order valence-corrected chi connectivity index (χ3v) is 3.85. The molecule has 0 saturated carbocycles. The summed E-state index contributed by atoms with van der Waals surface area (Å²) in [6.07, 6.45) is 8.99. The van der Waals surface area contributed by atoms with Gasteiger partial charge in [-0.3, -0.25) is 9.25 Å². The summed E-state index contributed by atoms with van der Waals surface area (Å²) in [5, 5.41) is 7.77. The van der Waals surface area contributed by atoms with E-state index in [0.29, 0.717) is 0 Å². The molecule has 1 N–H and O–H groups in total. The molecule has 18 heavy (non-hydrogen) atoms. The fraction of sp³-hybridized carbons (Fsp3) is 0.538. The number of nitrogens with one attached hydrogen (secondary N) is 1. The van der Waals surface area contributed by atoms with Crippen molar-refractivity contribution in [3.05, 3.63) is 30.6 Å². The summed E-state index contributed by atoms with van der Waals surface area (Å²) < 4.78 is 4.10. The number of rotatable bonds is 3. The van der Waals surface area contributed by atoms with Crippen LogP contribution in [0.5, 0.6) is 0 Å². The van der Waals surface area contributed by atoms with Gasteiger partial charge in [-0.25, -0.2) is 4.98 Å². The molecule has 1 unspecified atom stereocenters. The summed E-state index contributed by atoms with van der Waals surface area (Å²) >= 11 is 0. The third-order valence-electron chi connectivity index (χ3n) is 3.85. The highest BCUT2D eigenvalue weighted by atomic mass is 15.3. The second kappa shape index (κ2) is 4.24. The Kier molecular flexibility index (Phi) is 2.70. The van der Waals surface area contributed by atoms with Gasteiger partial charge in [0.1, 0.15) is 0 Å². The summed E-state index contributed by atoms with van der Waals surface area (Å²) in [6, 6.07) is 0. The zero-order valence-electron chi connectivity index (χ0n) is 10.9. The summed E-state index contributed by atoms with van der Waals surface area (Å²) in [4.78, 5) is 4.32. The Balaban J connectivity index is 2.00. The summed E-state index contributed by atoms with van der Waals surface area (Å²) in [5.41, 5.74) is 2.53. The van der Waals surface area contributed by atoms with Crippen LogP contribution in [0.2, 0.25) is 0 Å². The minimum absolute atomic E-state index is 0.171. The monoisotopic (exact) mass is 245 g/mol. The van der Waals surface area contributed by atoms with Crippen molar-refractivity contribution in [3.8, 4) is 5.69 Å². The highest BCUT2D eigenvalue weighted by Gasteiger charge is 2.33. The fourth-order valence-electron chi connectivity index (χ4n) is 2.63. The molecule has 96 valence electrons. The van der Waals surface area contributed by atoms with Crippen LogP contribution in [0.3, 0.4) is 0 Å². The van der Waals surface area contributed by atoms with Crippen molar-refractivity contribution in [3.63, 3.8) is 0 Å². The molecular weight excluding hydrogens is 226 g/mol. The second-order valence-electron chi connectivity index (χ2n) is 5.19. The number of hydrogen-bond acceptors (Lipinski definition) is 3. The van der Waals surface area contributed by atoms with E-state index in [4.69, 9.17) is 0 Å². The lowest BCUT2D eigenvalue weighted by Gasteiger charge is -2.23.